The predicted molar refractivity (Wildman–Crippen MR) is 111 cm³/mol. The second kappa shape index (κ2) is 6.69. The maximum atomic E-state index is 13.5. The van der Waals surface area contributed by atoms with E-state index in [2.05, 4.69) is 5.32 Å². The Bertz CT molecular complexity index is 1080. The van der Waals surface area contributed by atoms with Gasteiger partial charge in [-0.3, -0.25) is 14.5 Å². The van der Waals surface area contributed by atoms with Crippen molar-refractivity contribution in [1.29, 1.82) is 0 Å². The summed E-state index contributed by atoms with van der Waals surface area (Å²) < 4.78 is 0. The van der Waals surface area contributed by atoms with Gasteiger partial charge in [-0.05, 0) is 55.5 Å². The molecule has 0 saturated carbocycles. The summed E-state index contributed by atoms with van der Waals surface area (Å²) >= 11 is 6.15. The van der Waals surface area contributed by atoms with Crippen molar-refractivity contribution in [2.45, 2.75) is 12.5 Å². The number of nitrogens with zero attached hydrogens (tertiary/aromatic N) is 1. The number of nitrogens with two attached hydrogens (primary N) is 1. The number of fused-ring (bicyclic) bond motifs is 1. The summed E-state index contributed by atoms with van der Waals surface area (Å²) in [5.41, 5.74) is 7.82. The van der Waals surface area contributed by atoms with Crippen LogP contribution in [0.15, 0.2) is 72.8 Å². The highest BCUT2D eigenvalue weighted by atomic mass is 35.5. The number of hydrogen-bond acceptors (Lipinski definition) is 3. The number of halogens is 1. The van der Waals surface area contributed by atoms with E-state index < -0.39 is 11.4 Å². The first-order valence-corrected chi connectivity index (χ1v) is 9.15. The molecule has 1 aliphatic heterocycles. The number of nitrogens with one attached hydrogen (secondary N) is 1. The first-order chi connectivity index (χ1) is 13.4. The smallest absolute Gasteiger partial charge is 0.261 e. The molecule has 28 heavy (non-hydrogen) atoms. The Morgan fingerprint density at radius 2 is 1.75 bits per heavy atom. The minimum Gasteiger partial charge on any atom is -0.368 e. The van der Waals surface area contributed by atoms with Crippen LogP contribution in [0.3, 0.4) is 0 Å². The van der Waals surface area contributed by atoms with E-state index in [1.807, 2.05) is 43.3 Å². The molecule has 5 nitrogen and oxygen atoms in total. The van der Waals surface area contributed by atoms with E-state index in [-0.39, 0.29) is 5.91 Å². The van der Waals surface area contributed by atoms with Crippen LogP contribution in [0.25, 0.3) is 0 Å². The van der Waals surface area contributed by atoms with Gasteiger partial charge in [0.1, 0.15) is 5.54 Å². The molecule has 0 bridgehead atoms. The lowest BCUT2D eigenvalue weighted by Gasteiger charge is -2.27. The highest BCUT2D eigenvalue weighted by Crippen LogP contribution is 2.45. The van der Waals surface area contributed by atoms with Crippen LogP contribution in [0, 0.1) is 0 Å². The molecule has 1 heterocycles. The third kappa shape index (κ3) is 2.90. The van der Waals surface area contributed by atoms with E-state index >= 15 is 0 Å². The number of amides is 2. The van der Waals surface area contributed by atoms with Crippen LogP contribution >= 0.6 is 11.6 Å². The van der Waals surface area contributed by atoms with Crippen molar-refractivity contribution in [1.82, 2.24) is 0 Å². The first-order valence-electron chi connectivity index (χ1n) is 8.78. The molecule has 0 radical (unpaired) electrons. The van der Waals surface area contributed by atoms with Gasteiger partial charge in [0.15, 0.2) is 0 Å². The molecule has 4 rings (SSSR count). The highest BCUT2D eigenvalue weighted by Gasteiger charge is 2.48. The van der Waals surface area contributed by atoms with Gasteiger partial charge >= 0.3 is 0 Å². The monoisotopic (exact) mass is 391 g/mol. The van der Waals surface area contributed by atoms with E-state index in [1.54, 1.807) is 41.3 Å². The maximum Gasteiger partial charge on any atom is 0.261 e. The molecule has 3 N–H and O–H groups in total. The molecule has 140 valence electrons. The fourth-order valence-corrected chi connectivity index (χ4v) is 3.72. The van der Waals surface area contributed by atoms with Crippen molar-refractivity contribution in [2.75, 3.05) is 10.2 Å². The van der Waals surface area contributed by atoms with Gasteiger partial charge < -0.3 is 11.1 Å². The van der Waals surface area contributed by atoms with Crippen molar-refractivity contribution in [3.8, 4) is 0 Å². The Hall–Kier alpha value is -3.31. The zero-order valence-electron chi connectivity index (χ0n) is 15.1. The number of hydrogen-bond donors (Lipinski definition) is 2. The Balaban J connectivity index is 1.76. The van der Waals surface area contributed by atoms with Crippen molar-refractivity contribution < 1.29 is 9.59 Å². The van der Waals surface area contributed by atoms with Crippen LogP contribution in [-0.2, 0) is 10.3 Å². The lowest BCUT2D eigenvalue weighted by molar-refractivity contribution is -0.121. The summed E-state index contributed by atoms with van der Waals surface area (Å²) in [6, 6.07) is 21.6. The SMILES string of the molecule is CC1(Nc2ccc(C(N)=O)cc2)C(=O)N(c2cccc(Cl)c2)c2ccccc21. The molecule has 2 amide bonds. The Labute approximate surface area is 167 Å². The molecular formula is C22H18ClN3O2. The standard InChI is InChI=1S/C22H18ClN3O2/c1-22(25-16-11-9-14(10-12-16)20(24)27)18-7-2-3-8-19(18)26(21(22)28)17-6-4-5-15(23)13-17/h2-13,25H,1H3,(H2,24,27). The average Bonchev–Trinajstić information content (AvgIpc) is 2.90. The van der Waals surface area contributed by atoms with E-state index in [9.17, 15) is 9.59 Å². The Kier molecular flexibility index (Phi) is 4.32. The fourth-order valence-electron chi connectivity index (χ4n) is 3.54. The van der Waals surface area contributed by atoms with Crippen LogP contribution < -0.4 is 16.0 Å². The molecule has 1 atom stereocenters. The molecule has 6 heteroatoms. The van der Waals surface area contributed by atoms with Crippen molar-refractivity contribution in [3.63, 3.8) is 0 Å². The van der Waals surface area contributed by atoms with E-state index in [0.717, 1.165) is 11.3 Å². The summed E-state index contributed by atoms with van der Waals surface area (Å²) in [7, 11) is 0. The molecule has 0 fully saturated rings. The summed E-state index contributed by atoms with van der Waals surface area (Å²) in [5, 5.41) is 3.89. The third-order valence-electron chi connectivity index (χ3n) is 4.94. The molecule has 1 unspecified atom stereocenters. The maximum absolute atomic E-state index is 13.5. The van der Waals surface area contributed by atoms with Gasteiger partial charge in [0.2, 0.25) is 5.91 Å². The Morgan fingerprint density at radius 1 is 1.04 bits per heavy atom. The van der Waals surface area contributed by atoms with Crippen molar-refractivity contribution >= 4 is 40.5 Å². The molecule has 0 saturated heterocycles. The predicted octanol–water partition coefficient (Wildman–Crippen LogP) is 4.44. The van der Waals surface area contributed by atoms with Gasteiger partial charge in [0.25, 0.3) is 5.91 Å². The zero-order chi connectivity index (χ0) is 19.9. The van der Waals surface area contributed by atoms with Gasteiger partial charge in [-0.1, -0.05) is 35.9 Å². The van der Waals surface area contributed by atoms with E-state index in [0.29, 0.717) is 22.0 Å². The van der Waals surface area contributed by atoms with Gasteiger partial charge in [0.05, 0.1) is 11.4 Å². The van der Waals surface area contributed by atoms with E-state index in [1.165, 1.54) is 0 Å². The van der Waals surface area contributed by atoms with Crippen molar-refractivity contribution in [3.05, 3.63) is 88.9 Å². The average molecular weight is 392 g/mol. The highest BCUT2D eigenvalue weighted by molar-refractivity contribution is 6.31. The topological polar surface area (TPSA) is 75.4 Å². The van der Waals surface area contributed by atoms with Gasteiger partial charge in [-0.2, -0.15) is 0 Å². The van der Waals surface area contributed by atoms with E-state index in [4.69, 9.17) is 17.3 Å². The minimum absolute atomic E-state index is 0.116. The van der Waals surface area contributed by atoms with Gasteiger partial charge in [0, 0.05) is 21.8 Å². The second-order valence-electron chi connectivity index (χ2n) is 6.83. The fraction of sp³-hybridized carbons (Fsp3) is 0.0909. The third-order valence-corrected chi connectivity index (χ3v) is 5.18. The van der Waals surface area contributed by atoms with Crippen molar-refractivity contribution in [2.24, 2.45) is 5.73 Å². The molecule has 0 aromatic heterocycles. The van der Waals surface area contributed by atoms with Crippen LogP contribution in [0.1, 0.15) is 22.8 Å². The summed E-state index contributed by atoms with van der Waals surface area (Å²) in [5.74, 6) is -0.609. The molecule has 0 spiro atoms. The number of benzene rings is 3. The Morgan fingerprint density at radius 3 is 2.43 bits per heavy atom. The first kappa shape index (κ1) is 18.1. The minimum atomic E-state index is -0.979. The second-order valence-corrected chi connectivity index (χ2v) is 7.27. The lowest BCUT2D eigenvalue weighted by Crippen LogP contribution is -2.42. The summed E-state index contributed by atoms with van der Waals surface area (Å²) in [6.45, 7) is 1.85. The largest absolute Gasteiger partial charge is 0.368 e. The van der Waals surface area contributed by atoms with Crippen LogP contribution in [0.2, 0.25) is 5.02 Å². The molecule has 0 aliphatic carbocycles. The normalized spacial score (nSPS) is 18.1. The molecular weight excluding hydrogens is 374 g/mol. The van der Waals surface area contributed by atoms with Crippen LogP contribution in [0.5, 0.6) is 0 Å². The number of rotatable bonds is 4. The molecule has 3 aromatic rings. The van der Waals surface area contributed by atoms with Gasteiger partial charge in [-0.15, -0.1) is 0 Å². The molecule has 3 aromatic carbocycles. The lowest BCUT2D eigenvalue weighted by atomic mass is 9.93. The zero-order valence-corrected chi connectivity index (χ0v) is 15.9. The summed E-state index contributed by atoms with van der Waals surface area (Å²) in [4.78, 5) is 26.5. The number of primary amides is 1. The number of carbonyl (C=O) groups excluding carboxylic acids is 2. The summed E-state index contributed by atoms with van der Waals surface area (Å²) in [6.07, 6.45) is 0. The van der Waals surface area contributed by atoms with Crippen LogP contribution in [0.4, 0.5) is 17.1 Å². The number of anilines is 3. The number of para-hydroxylation sites is 1. The number of carbonyl (C=O) groups is 2. The molecule has 1 aliphatic rings. The van der Waals surface area contributed by atoms with Crippen LogP contribution in [-0.4, -0.2) is 11.8 Å². The quantitative estimate of drug-likeness (QED) is 0.690. The van der Waals surface area contributed by atoms with Gasteiger partial charge in [-0.25, -0.2) is 0 Å².